The van der Waals surface area contributed by atoms with Gasteiger partial charge in [0.2, 0.25) is 0 Å². The number of allylic oxidation sites excluding steroid dienone is 1. The summed E-state index contributed by atoms with van der Waals surface area (Å²) in [5.41, 5.74) is 2.38. The van der Waals surface area contributed by atoms with E-state index in [-0.39, 0.29) is 12.6 Å². The molecule has 1 rings (SSSR count). The Balaban J connectivity index is 2.67. The molecular formula is C21H30N2O4. The Labute approximate surface area is 161 Å². The minimum Gasteiger partial charge on any atom is -0.460 e. The number of esters is 1. The fraction of sp³-hybridized carbons (Fsp3) is 0.476. The van der Waals surface area contributed by atoms with E-state index in [1.165, 1.54) is 11.2 Å². The van der Waals surface area contributed by atoms with Crippen LogP contribution >= 0.6 is 0 Å². The van der Waals surface area contributed by atoms with Gasteiger partial charge in [0, 0.05) is 5.70 Å². The fourth-order valence-electron chi connectivity index (χ4n) is 2.21. The molecule has 0 bridgehead atoms. The van der Waals surface area contributed by atoms with Gasteiger partial charge in [-0.15, -0.1) is 0 Å². The molecule has 0 aromatic heterocycles. The first-order chi connectivity index (χ1) is 12.4. The van der Waals surface area contributed by atoms with Crippen molar-refractivity contribution in [1.29, 1.82) is 0 Å². The average molecular weight is 374 g/mol. The summed E-state index contributed by atoms with van der Waals surface area (Å²) in [5.74, 6) is -0.396. The van der Waals surface area contributed by atoms with E-state index < -0.39 is 17.7 Å². The highest BCUT2D eigenvalue weighted by molar-refractivity contribution is 5.90. The van der Waals surface area contributed by atoms with Gasteiger partial charge in [0.15, 0.2) is 0 Å². The fourth-order valence-corrected chi connectivity index (χ4v) is 2.21. The lowest BCUT2D eigenvalue weighted by Crippen LogP contribution is -2.35. The van der Waals surface area contributed by atoms with Crippen molar-refractivity contribution in [3.63, 3.8) is 0 Å². The lowest BCUT2D eigenvalue weighted by atomic mass is 10.1. The van der Waals surface area contributed by atoms with Crippen molar-refractivity contribution in [2.75, 3.05) is 6.61 Å². The summed E-state index contributed by atoms with van der Waals surface area (Å²) in [7, 11) is 0. The van der Waals surface area contributed by atoms with Crippen molar-refractivity contribution in [3.05, 3.63) is 47.2 Å². The van der Waals surface area contributed by atoms with Crippen LogP contribution in [0.5, 0.6) is 0 Å². The van der Waals surface area contributed by atoms with E-state index in [1.54, 1.807) is 46.8 Å². The Bertz CT molecular complexity index is 712. The van der Waals surface area contributed by atoms with Crippen molar-refractivity contribution in [2.45, 2.75) is 60.1 Å². The molecule has 0 aliphatic rings. The standard InChI is InChI=1S/C21H30N2O4/c1-14(2)23(20(25)27-21(6,7)8)13-22-17(5)12-26-19(24)18-10-15(3)9-16(4)11-18/h9-11,13,17H,1,12H2,2-8H3. The molecular weight excluding hydrogens is 344 g/mol. The molecule has 1 aromatic rings. The summed E-state index contributed by atoms with van der Waals surface area (Å²) < 4.78 is 10.6. The van der Waals surface area contributed by atoms with Crippen LogP contribution < -0.4 is 0 Å². The third-order valence-electron chi connectivity index (χ3n) is 3.35. The van der Waals surface area contributed by atoms with Crippen LogP contribution in [-0.4, -0.2) is 41.6 Å². The van der Waals surface area contributed by atoms with Crippen molar-refractivity contribution < 1.29 is 19.1 Å². The molecule has 148 valence electrons. The number of aliphatic imine (C=N–C) groups is 1. The third kappa shape index (κ3) is 8.07. The molecule has 0 heterocycles. The number of hydrogen-bond acceptors (Lipinski definition) is 5. The highest BCUT2D eigenvalue weighted by Gasteiger charge is 2.21. The molecule has 1 unspecified atom stereocenters. The second kappa shape index (κ2) is 9.35. The largest absolute Gasteiger partial charge is 0.460 e. The van der Waals surface area contributed by atoms with Gasteiger partial charge in [0.25, 0.3) is 0 Å². The zero-order chi connectivity index (χ0) is 20.8. The van der Waals surface area contributed by atoms with E-state index >= 15 is 0 Å². The maximum Gasteiger partial charge on any atom is 0.419 e. The lowest BCUT2D eigenvalue weighted by molar-refractivity contribution is 0.0412. The van der Waals surface area contributed by atoms with E-state index in [4.69, 9.17) is 9.47 Å². The maximum atomic E-state index is 12.2. The van der Waals surface area contributed by atoms with Gasteiger partial charge < -0.3 is 9.47 Å². The van der Waals surface area contributed by atoms with Crippen LogP contribution in [0.3, 0.4) is 0 Å². The van der Waals surface area contributed by atoms with Crippen LogP contribution in [0.2, 0.25) is 0 Å². The van der Waals surface area contributed by atoms with Crippen LogP contribution in [0.15, 0.2) is 35.5 Å². The zero-order valence-corrected chi connectivity index (χ0v) is 17.3. The van der Waals surface area contributed by atoms with E-state index in [0.29, 0.717) is 11.3 Å². The minimum absolute atomic E-state index is 0.0979. The van der Waals surface area contributed by atoms with Gasteiger partial charge in [-0.3, -0.25) is 4.99 Å². The maximum absolute atomic E-state index is 12.2. The summed E-state index contributed by atoms with van der Waals surface area (Å²) in [6.45, 7) is 16.5. The number of rotatable bonds is 6. The van der Waals surface area contributed by atoms with Crippen LogP contribution in [-0.2, 0) is 9.47 Å². The molecule has 0 fully saturated rings. The van der Waals surface area contributed by atoms with Crippen molar-refractivity contribution >= 4 is 18.4 Å². The molecule has 27 heavy (non-hydrogen) atoms. The van der Waals surface area contributed by atoms with Gasteiger partial charge in [-0.25, -0.2) is 14.5 Å². The Morgan fingerprint density at radius 1 is 1.22 bits per heavy atom. The predicted molar refractivity (Wildman–Crippen MR) is 107 cm³/mol. The number of ether oxygens (including phenoxy) is 2. The van der Waals surface area contributed by atoms with E-state index in [0.717, 1.165) is 11.1 Å². The van der Waals surface area contributed by atoms with E-state index in [2.05, 4.69) is 11.6 Å². The normalized spacial score (nSPS) is 12.6. The van der Waals surface area contributed by atoms with Gasteiger partial charge in [-0.05, 0) is 60.6 Å². The van der Waals surface area contributed by atoms with Crippen molar-refractivity contribution in [2.24, 2.45) is 4.99 Å². The predicted octanol–water partition coefficient (Wildman–Crippen LogP) is 4.65. The number of hydrogen-bond donors (Lipinski definition) is 0. The van der Waals surface area contributed by atoms with Gasteiger partial charge >= 0.3 is 12.1 Å². The first kappa shape index (κ1) is 22.4. The second-order valence-corrected chi connectivity index (χ2v) is 7.67. The summed E-state index contributed by atoms with van der Waals surface area (Å²) in [4.78, 5) is 29.9. The monoisotopic (exact) mass is 374 g/mol. The molecule has 0 aliphatic heterocycles. The molecule has 0 radical (unpaired) electrons. The first-order valence-electron chi connectivity index (χ1n) is 8.85. The molecule has 1 atom stereocenters. The van der Waals surface area contributed by atoms with Crippen LogP contribution in [0.4, 0.5) is 4.79 Å². The highest BCUT2D eigenvalue weighted by Crippen LogP contribution is 2.12. The van der Waals surface area contributed by atoms with Crippen LogP contribution in [0, 0.1) is 13.8 Å². The number of nitrogens with zero attached hydrogens (tertiary/aromatic N) is 2. The molecule has 1 amide bonds. The number of aryl methyl sites for hydroxylation is 2. The quantitative estimate of drug-likeness (QED) is 0.413. The number of carbonyl (C=O) groups excluding carboxylic acids is 2. The Hall–Kier alpha value is -2.63. The zero-order valence-electron chi connectivity index (χ0n) is 17.3. The Morgan fingerprint density at radius 2 is 1.78 bits per heavy atom. The molecule has 0 aliphatic carbocycles. The smallest absolute Gasteiger partial charge is 0.419 e. The molecule has 0 spiro atoms. The van der Waals surface area contributed by atoms with Gasteiger partial charge in [-0.1, -0.05) is 23.8 Å². The Morgan fingerprint density at radius 3 is 2.26 bits per heavy atom. The highest BCUT2D eigenvalue weighted by atomic mass is 16.6. The molecule has 0 N–H and O–H groups in total. The van der Waals surface area contributed by atoms with Crippen molar-refractivity contribution in [3.8, 4) is 0 Å². The van der Waals surface area contributed by atoms with E-state index in [9.17, 15) is 9.59 Å². The summed E-state index contributed by atoms with van der Waals surface area (Å²) in [5, 5.41) is 0. The lowest BCUT2D eigenvalue weighted by Gasteiger charge is -2.24. The topological polar surface area (TPSA) is 68.2 Å². The molecule has 0 saturated carbocycles. The number of carbonyl (C=O) groups is 2. The SMILES string of the molecule is C=C(C)N(C=NC(C)COC(=O)c1cc(C)cc(C)c1)C(=O)OC(C)(C)C. The summed E-state index contributed by atoms with van der Waals surface area (Å²) >= 11 is 0. The average Bonchev–Trinajstić information content (AvgIpc) is 2.49. The molecule has 6 nitrogen and oxygen atoms in total. The Kier molecular flexibility index (Phi) is 7.76. The molecule has 6 heteroatoms. The van der Waals surface area contributed by atoms with Crippen LogP contribution in [0.1, 0.15) is 56.1 Å². The molecule has 0 saturated heterocycles. The third-order valence-corrected chi connectivity index (χ3v) is 3.35. The number of amides is 1. The first-order valence-corrected chi connectivity index (χ1v) is 8.85. The van der Waals surface area contributed by atoms with Gasteiger partial charge in [-0.2, -0.15) is 0 Å². The second-order valence-electron chi connectivity index (χ2n) is 7.67. The van der Waals surface area contributed by atoms with Gasteiger partial charge in [0.1, 0.15) is 12.2 Å². The van der Waals surface area contributed by atoms with Crippen LogP contribution in [0.25, 0.3) is 0 Å². The summed E-state index contributed by atoms with van der Waals surface area (Å²) in [6, 6.07) is 5.24. The minimum atomic E-state index is -0.619. The van der Waals surface area contributed by atoms with Crippen molar-refractivity contribution in [1.82, 2.24) is 4.90 Å². The van der Waals surface area contributed by atoms with Gasteiger partial charge in [0.05, 0.1) is 17.9 Å². The van der Waals surface area contributed by atoms with E-state index in [1.807, 2.05) is 19.9 Å². The number of benzene rings is 1. The molecule has 1 aromatic carbocycles. The summed E-state index contributed by atoms with van der Waals surface area (Å²) in [6.07, 6.45) is 0.796.